The Bertz CT molecular complexity index is 1210. The quantitative estimate of drug-likeness (QED) is 0.506. The van der Waals surface area contributed by atoms with Gasteiger partial charge in [-0.15, -0.1) is 0 Å². The molecule has 0 radical (unpaired) electrons. The Labute approximate surface area is 190 Å². The number of hydrogen-bond acceptors (Lipinski definition) is 7. The third kappa shape index (κ3) is 4.09. The second-order valence-electron chi connectivity index (χ2n) is 7.92. The van der Waals surface area contributed by atoms with Gasteiger partial charge in [0.25, 0.3) is 0 Å². The van der Waals surface area contributed by atoms with Gasteiger partial charge < -0.3 is 10.2 Å². The van der Waals surface area contributed by atoms with Gasteiger partial charge in [-0.2, -0.15) is 5.10 Å². The lowest BCUT2D eigenvalue weighted by atomic mass is 10.2. The standard InChI is InChI=1S/C23H25N7OS/c1-16-22(17(2)30(27-16)20-9-5-6-10-24-20)29-13-11-28(12-14-29)15-21(31)26-23-25-18-7-3-4-8-19(18)32-23/h3-10H,11-15H2,1-2H3,(H,25,26,31). The molecule has 1 amide bonds. The van der Waals surface area contributed by atoms with E-state index in [2.05, 4.69) is 32.0 Å². The summed E-state index contributed by atoms with van der Waals surface area (Å²) < 4.78 is 2.98. The van der Waals surface area contributed by atoms with Crippen molar-refractivity contribution in [1.29, 1.82) is 0 Å². The van der Waals surface area contributed by atoms with E-state index in [9.17, 15) is 4.79 Å². The van der Waals surface area contributed by atoms with Crippen LogP contribution < -0.4 is 10.2 Å². The molecule has 1 aliphatic rings. The minimum absolute atomic E-state index is 0.0205. The van der Waals surface area contributed by atoms with Crippen LogP contribution in [-0.2, 0) is 4.79 Å². The van der Waals surface area contributed by atoms with Crippen LogP contribution in [0.15, 0.2) is 48.7 Å². The van der Waals surface area contributed by atoms with Gasteiger partial charge in [-0.25, -0.2) is 14.6 Å². The predicted molar refractivity (Wildman–Crippen MR) is 128 cm³/mol. The molecule has 0 bridgehead atoms. The number of piperazine rings is 1. The summed E-state index contributed by atoms with van der Waals surface area (Å²) in [6, 6.07) is 13.7. The highest BCUT2D eigenvalue weighted by Gasteiger charge is 2.24. The molecule has 3 aromatic heterocycles. The largest absolute Gasteiger partial charge is 0.366 e. The minimum Gasteiger partial charge on any atom is -0.366 e. The van der Waals surface area contributed by atoms with Crippen LogP contribution in [-0.4, -0.2) is 63.3 Å². The van der Waals surface area contributed by atoms with Crippen LogP contribution >= 0.6 is 11.3 Å². The number of benzene rings is 1. The number of aromatic nitrogens is 4. The van der Waals surface area contributed by atoms with Gasteiger partial charge >= 0.3 is 0 Å². The fourth-order valence-corrected chi connectivity index (χ4v) is 5.09. The molecular formula is C23H25N7OS. The average Bonchev–Trinajstić information content (AvgIpc) is 3.34. The molecule has 32 heavy (non-hydrogen) atoms. The fraction of sp³-hybridized carbons (Fsp3) is 0.304. The SMILES string of the molecule is Cc1nn(-c2ccccn2)c(C)c1N1CCN(CC(=O)Nc2nc3ccccc3s2)CC1. The molecule has 0 aliphatic carbocycles. The molecule has 5 rings (SSSR count). The van der Waals surface area contributed by atoms with E-state index in [0.717, 1.165) is 59.3 Å². The molecule has 1 aromatic carbocycles. The van der Waals surface area contributed by atoms with Gasteiger partial charge in [-0.3, -0.25) is 9.69 Å². The molecule has 1 saturated heterocycles. The summed E-state index contributed by atoms with van der Waals surface area (Å²) in [5, 5.41) is 8.33. The van der Waals surface area contributed by atoms with Crippen LogP contribution in [0.5, 0.6) is 0 Å². The van der Waals surface area contributed by atoms with Gasteiger partial charge in [-0.05, 0) is 38.1 Å². The number of thiazole rings is 1. The maximum atomic E-state index is 12.6. The van der Waals surface area contributed by atoms with Crippen LogP contribution in [0, 0.1) is 13.8 Å². The number of carbonyl (C=O) groups is 1. The Morgan fingerprint density at radius 3 is 2.59 bits per heavy atom. The molecule has 8 nitrogen and oxygen atoms in total. The zero-order chi connectivity index (χ0) is 22.1. The van der Waals surface area contributed by atoms with Crippen molar-refractivity contribution in [2.75, 3.05) is 42.9 Å². The number of rotatable bonds is 5. The number of amides is 1. The highest BCUT2D eigenvalue weighted by molar-refractivity contribution is 7.22. The van der Waals surface area contributed by atoms with E-state index in [0.29, 0.717) is 11.7 Å². The van der Waals surface area contributed by atoms with E-state index in [1.54, 1.807) is 6.20 Å². The number of pyridine rings is 1. The van der Waals surface area contributed by atoms with E-state index in [4.69, 9.17) is 5.10 Å². The Kier molecular flexibility index (Phi) is 5.59. The zero-order valence-corrected chi connectivity index (χ0v) is 19.0. The fourth-order valence-electron chi connectivity index (χ4n) is 4.21. The highest BCUT2D eigenvalue weighted by atomic mass is 32.1. The average molecular weight is 448 g/mol. The maximum absolute atomic E-state index is 12.6. The molecule has 0 atom stereocenters. The summed E-state index contributed by atoms with van der Waals surface area (Å²) in [6.07, 6.45) is 1.78. The second kappa shape index (κ2) is 8.68. The second-order valence-corrected chi connectivity index (χ2v) is 8.95. The number of carbonyl (C=O) groups excluding carboxylic acids is 1. The van der Waals surface area contributed by atoms with Crippen LogP contribution in [0.1, 0.15) is 11.4 Å². The molecule has 4 aromatic rings. The third-order valence-corrected chi connectivity index (χ3v) is 6.67. The van der Waals surface area contributed by atoms with E-state index < -0.39 is 0 Å². The summed E-state index contributed by atoms with van der Waals surface area (Å²) in [4.78, 5) is 26.0. The third-order valence-electron chi connectivity index (χ3n) is 5.72. The first-order valence-electron chi connectivity index (χ1n) is 10.7. The number of nitrogens with one attached hydrogen (secondary N) is 1. The summed E-state index contributed by atoms with van der Waals surface area (Å²) in [5.74, 6) is 0.803. The topological polar surface area (TPSA) is 79.2 Å². The number of hydrogen-bond donors (Lipinski definition) is 1. The smallest absolute Gasteiger partial charge is 0.240 e. The van der Waals surface area contributed by atoms with Gasteiger partial charge in [0.1, 0.15) is 0 Å². The van der Waals surface area contributed by atoms with Crippen LogP contribution in [0.3, 0.4) is 0 Å². The van der Waals surface area contributed by atoms with Crippen molar-refractivity contribution in [3.63, 3.8) is 0 Å². The van der Waals surface area contributed by atoms with Gasteiger partial charge in [-0.1, -0.05) is 29.5 Å². The Morgan fingerprint density at radius 2 is 1.84 bits per heavy atom. The lowest BCUT2D eigenvalue weighted by Gasteiger charge is -2.35. The first-order chi connectivity index (χ1) is 15.6. The molecule has 1 fully saturated rings. The molecule has 0 saturated carbocycles. The summed E-state index contributed by atoms with van der Waals surface area (Å²) in [7, 11) is 0. The number of para-hydroxylation sites is 1. The predicted octanol–water partition coefficient (Wildman–Crippen LogP) is 3.25. The van der Waals surface area contributed by atoms with Crippen LogP contribution in [0.25, 0.3) is 16.0 Å². The normalized spacial score (nSPS) is 14.8. The molecule has 0 unspecified atom stereocenters. The molecular weight excluding hydrogens is 422 g/mol. The van der Waals surface area contributed by atoms with E-state index >= 15 is 0 Å². The summed E-state index contributed by atoms with van der Waals surface area (Å²) in [6.45, 7) is 7.84. The first-order valence-corrected chi connectivity index (χ1v) is 11.5. The summed E-state index contributed by atoms with van der Waals surface area (Å²) in [5.41, 5.74) is 4.16. The van der Waals surface area contributed by atoms with Crippen molar-refractivity contribution < 1.29 is 4.79 Å². The Balaban J connectivity index is 1.20. The molecule has 164 valence electrons. The summed E-state index contributed by atoms with van der Waals surface area (Å²) >= 11 is 1.50. The van der Waals surface area contributed by atoms with Crippen molar-refractivity contribution in [3.8, 4) is 5.82 Å². The van der Waals surface area contributed by atoms with Crippen LogP contribution in [0.4, 0.5) is 10.8 Å². The molecule has 1 aliphatic heterocycles. The Morgan fingerprint density at radius 1 is 1.06 bits per heavy atom. The number of aryl methyl sites for hydroxylation is 1. The molecule has 4 heterocycles. The number of nitrogens with zero attached hydrogens (tertiary/aromatic N) is 6. The van der Waals surface area contributed by atoms with Crippen molar-refractivity contribution >= 4 is 38.3 Å². The number of fused-ring (bicyclic) bond motifs is 1. The monoisotopic (exact) mass is 447 g/mol. The van der Waals surface area contributed by atoms with E-state index in [-0.39, 0.29) is 5.91 Å². The van der Waals surface area contributed by atoms with Gasteiger partial charge in [0.15, 0.2) is 10.9 Å². The van der Waals surface area contributed by atoms with Gasteiger partial charge in [0.2, 0.25) is 5.91 Å². The van der Waals surface area contributed by atoms with Crippen LogP contribution in [0.2, 0.25) is 0 Å². The molecule has 1 N–H and O–H groups in total. The highest BCUT2D eigenvalue weighted by Crippen LogP contribution is 2.28. The van der Waals surface area contributed by atoms with Crippen molar-refractivity contribution in [2.45, 2.75) is 13.8 Å². The zero-order valence-electron chi connectivity index (χ0n) is 18.2. The van der Waals surface area contributed by atoms with Gasteiger partial charge in [0.05, 0.1) is 33.8 Å². The lowest BCUT2D eigenvalue weighted by molar-refractivity contribution is -0.117. The van der Waals surface area contributed by atoms with E-state index in [1.807, 2.05) is 54.1 Å². The molecule has 0 spiro atoms. The van der Waals surface area contributed by atoms with Crippen molar-refractivity contribution in [1.82, 2.24) is 24.6 Å². The van der Waals surface area contributed by atoms with Gasteiger partial charge in [0, 0.05) is 32.4 Å². The Hall–Kier alpha value is -3.30. The first kappa shape index (κ1) is 20.6. The molecule has 9 heteroatoms. The van der Waals surface area contributed by atoms with Crippen molar-refractivity contribution in [3.05, 3.63) is 60.0 Å². The number of anilines is 2. The maximum Gasteiger partial charge on any atom is 0.240 e. The lowest BCUT2D eigenvalue weighted by Crippen LogP contribution is -2.49. The van der Waals surface area contributed by atoms with E-state index in [1.165, 1.54) is 11.3 Å². The van der Waals surface area contributed by atoms with Crippen molar-refractivity contribution in [2.24, 2.45) is 0 Å². The minimum atomic E-state index is -0.0205.